The summed E-state index contributed by atoms with van der Waals surface area (Å²) in [6, 6.07) is 7.92. The lowest BCUT2D eigenvalue weighted by atomic mass is 10.1. The number of ether oxygens (including phenoxy) is 1. The molecule has 1 N–H and O–H groups in total. The van der Waals surface area contributed by atoms with E-state index in [1.54, 1.807) is 28.9 Å². The van der Waals surface area contributed by atoms with Crippen LogP contribution in [0, 0.1) is 5.82 Å². The van der Waals surface area contributed by atoms with Crippen LogP contribution in [-0.2, 0) is 4.74 Å². The Morgan fingerprint density at radius 3 is 2.74 bits per heavy atom. The van der Waals surface area contributed by atoms with Gasteiger partial charge in [0.05, 0.1) is 25.1 Å². The Hall–Kier alpha value is -2.84. The zero-order valence-electron chi connectivity index (χ0n) is 14.8. The van der Waals surface area contributed by atoms with Gasteiger partial charge in [0, 0.05) is 37.9 Å². The SMILES string of the molecule is O=C(NCCN1CCOCC1)c1cnn2c(-c3ccc(F)cc3)ccnc12. The molecular weight excluding hydrogens is 349 g/mol. The van der Waals surface area contributed by atoms with Crippen LogP contribution < -0.4 is 5.32 Å². The maximum atomic E-state index is 13.2. The fraction of sp³-hybridized carbons (Fsp3) is 0.316. The highest BCUT2D eigenvalue weighted by atomic mass is 19.1. The number of carbonyl (C=O) groups excluding carboxylic acids is 1. The van der Waals surface area contributed by atoms with Gasteiger partial charge in [0.15, 0.2) is 5.65 Å². The van der Waals surface area contributed by atoms with Crippen molar-refractivity contribution in [3.8, 4) is 11.3 Å². The van der Waals surface area contributed by atoms with Gasteiger partial charge in [-0.1, -0.05) is 0 Å². The van der Waals surface area contributed by atoms with Crippen LogP contribution in [-0.4, -0.2) is 64.8 Å². The van der Waals surface area contributed by atoms with E-state index in [0.717, 1.165) is 44.1 Å². The molecule has 1 saturated heterocycles. The smallest absolute Gasteiger partial charge is 0.256 e. The molecule has 4 rings (SSSR count). The fourth-order valence-corrected chi connectivity index (χ4v) is 3.14. The molecule has 0 bridgehead atoms. The summed E-state index contributed by atoms with van der Waals surface area (Å²) in [6.45, 7) is 4.57. The Labute approximate surface area is 155 Å². The Morgan fingerprint density at radius 1 is 1.19 bits per heavy atom. The molecule has 1 aliphatic heterocycles. The standard InChI is InChI=1S/C19H20FN5O2/c20-15-3-1-14(2-4-15)17-5-6-21-18-16(13-23-25(17)18)19(26)22-7-8-24-9-11-27-12-10-24/h1-6,13H,7-12H2,(H,22,26). The average molecular weight is 369 g/mol. The molecular formula is C19H20FN5O2. The normalized spacial score (nSPS) is 15.1. The maximum absolute atomic E-state index is 13.2. The second-order valence-electron chi connectivity index (χ2n) is 6.34. The van der Waals surface area contributed by atoms with Gasteiger partial charge < -0.3 is 10.1 Å². The highest BCUT2D eigenvalue weighted by Crippen LogP contribution is 2.21. The zero-order valence-corrected chi connectivity index (χ0v) is 14.8. The number of hydrogen-bond donors (Lipinski definition) is 1. The van der Waals surface area contributed by atoms with Gasteiger partial charge in [-0.2, -0.15) is 5.10 Å². The van der Waals surface area contributed by atoms with Crippen LogP contribution in [0.2, 0.25) is 0 Å². The second-order valence-corrected chi connectivity index (χ2v) is 6.34. The van der Waals surface area contributed by atoms with E-state index in [-0.39, 0.29) is 11.7 Å². The van der Waals surface area contributed by atoms with Crippen LogP contribution in [0.5, 0.6) is 0 Å². The average Bonchev–Trinajstić information content (AvgIpc) is 3.14. The minimum atomic E-state index is -0.301. The van der Waals surface area contributed by atoms with E-state index in [1.807, 2.05) is 0 Å². The highest BCUT2D eigenvalue weighted by Gasteiger charge is 2.17. The van der Waals surface area contributed by atoms with Crippen LogP contribution in [0.4, 0.5) is 4.39 Å². The maximum Gasteiger partial charge on any atom is 0.256 e. The summed E-state index contributed by atoms with van der Waals surface area (Å²) in [4.78, 5) is 19.1. The summed E-state index contributed by atoms with van der Waals surface area (Å²) < 4.78 is 20.1. The molecule has 3 heterocycles. The van der Waals surface area contributed by atoms with Crippen LogP contribution in [0.25, 0.3) is 16.9 Å². The monoisotopic (exact) mass is 369 g/mol. The second kappa shape index (κ2) is 7.81. The lowest BCUT2D eigenvalue weighted by Crippen LogP contribution is -2.41. The number of rotatable bonds is 5. The number of benzene rings is 1. The molecule has 1 aliphatic rings. The molecule has 0 unspecified atom stereocenters. The van der Waals surface area contributed by atoms with E-state index >= 15 is 0 Å². The fourth-order valence-electron chi connectivity index (χ4n) is 3.14. The summed E-state index contributed by atoms with van der Waals surface area (Å²) in [5, 5.41) is 7.24. The highest BCUT2D eigenvalue weighted by molar-refractivity contribution is 5.99. The number of nitrogens with one attached hydrogen (secondary N) is 1. The molecule has 1 amide bonds. The Balaban J connectivity index is 1.50. The minimum absolute atomic E-state index is 0.206. The molecule has 0 aliphatic carbocycles. The topological polar surface area (TPSA) is 71.8 Å². The van der Waals surface area contributed by atoms with Gasteiger partial charge in [-0.3, -0.25) is 9.69 Å². The summed E-state index contributed by atoms with van der Waals surface area (Å²) in [7, 11) is 0. The quantitative estimate of drug-likeness (QED) is 0.740. The number of fused-ring (bicyclic) bond motifs is 1. The van der Waals surface area contributed by atoms with E-state index in [2.05, 4.69) is 20.3 Å². The number of morpholine rings is 1. The molecule has 27 heavy (non-hydrogen) atoms. The predicted octanol–water partition coefficient (Wildman–Crippen LogP) is 1.60. The van der Waals surface area contributed by atoms with Gasteiger partial charge in [-0.15, -0.1) is 0 Å². The van der Waals surface area contributed by atoms with Crippen molar-refractivity contribution in [2.45, 2.75) is 0 Å². The minimum Gasteiger partial charge on any atom is -0.379 e. The van der Waals surface area contributed by atoms with E-state index < -0.39 is 0 Å². The van der Waals surface area contributed by atoms with Gasteiger partial charge in [0.1, 0.15) is 11.4 Å². The molecule has 0 atom stereocenters. The lowest BCUT2D eigenvalue weighted by Gasteiger charge is -2.26. The summed E-state index contributed by atoms with van der Waals surface area (Å²) >= 11 is 0. The van der Waals surface area contributed by atoms with Gasteiger partial charge in [-0.05, 0) is 30.3 Å². The van der Waals surface area contributed by atoms with Crippen molar-refractivity contribution < 1.29 is 13.9 Å². The number of carbonyl (C=O) groups is 1. The van der Waals surface area contributed by atoms with Crippen molar-refractivity contribution in [2.75, 3.05) is 39.4 Å². The van der Waals surface area contributed by atoms with Gasteiger partial charge in [-0.25, -0.2) is 13.9 Å². The van der Waals surface area contributed by atoms with E-state index in [0.29, 0.717) is 17.8 Å². The third kappa shape index (κ3) is 3.81. The molecule has 8 heteroatoms. The van der Waals surface area contributed by atoms with E-state index in [1.165, 1.54) is 18.3 Å². The Bertz CT molecular complexity index is 935. The Kier molecular flexibility index (Phi) is 5.08. The number of nitrogens with zero attached hydrogens (tertiary/aromatic N) is 4. The first-order chi connectivity index (χ1) is 13.2. The van der Waals surface area contributed by atoms with Crippen molar-refractivity contribution in [3.05, 3.63) is 54.1 Å². The van der Waals surface area contributed by atoms with Gasteiger partial charge >= 0.3 is 0 Å². The molecule has 0 radical (unpaired) electrons. The molecule has 1 fully saturated rings. The summed E-state index contributed by atoms with van der Waals surface area (Å²) in [5.41, 5.74) is 2.43. The third-order valence-corrected chi connectivity index (χ3v) is 4.60. The van der Waals surface area contributed by atoms with Crippen LogP contribution in [0.1, 0.15) is 10.4 Å². The summed E-state index contributed by atoms with van der Waals surface area (Å²) in [6.07, 6.45) is 3.14. The van der Waals surface area contributed by atoms with Gasteiger partial charge in [0.2, 0.25) is 0 Å². The summed E-state index contributed by atoms with van der Waals surface area (Å²) in [5.74, 6) is -0.508. The van der Waals surface area contributed by atoms with Crippen molar-refractivity contribution in [2.24, 2.45) is 0 Å². The number of hydrogen-bond acceptors (Lipinski definition) is 5. The van der Waals surface area contributed by atoms with E-state index in [4.69, 9.17) is 4.74 Å². The largest absolute Gasteiger partial charge is 0.379 e. The Morgan fingerprint density at radius 2 is 1.96 bits per heavy atom. The van der Waals surface area contributed by atoms with Crippen LogP contribution in [0.3, 0.4) is 0 Å². The molecule has 3 aromatic rings. The number of halogens is 1. The van der Waals surface area contributed by atoms with E-state index in [9.17, 15) is 9.18 Å². The molecule has 7 nitrogen and oxygen atoms in total. The lowest BCUT2D eigenvalue weighted by molar-refractivity contribution is 0.0383. The van der Waals surface area contributed by atoms with Crippen molar-refractivity contribution in [1.82, 2.24) is 24.8 Å². The van der Waals surface area contributed by atoms with Crippen molar-refractivity contribution in [3.63, 3.8) is 0 Å². The van der Waals surface area contributed by atoms with Crippen LogP contribution >= 0.6 is 0 Å². The van der Waals surface area contributed by atoms with Crippen molar-refractivity contribution >= 4 is 11.6 Å². The number of amides is 1. The molecule has 1 aromatic carbocycles. The molecule has 0 spiro atoms. The first-order valence-corrected chi connectivity index (χ1v) is 8.89. The van der Waals surface area contributed by atoms with Gasteiger partial charge in [0.25, 0.3) is 5.91 Å². The van der Waals surface area contributed by atoms with Crippen LogP contribution in [0.15, 0.2) is 42.7 Å². The van der Waals surface area contributed by atoms with Crippen molar-refractivity contribution in [1.29, 1.82) is 0 Å². The molecule has 0 saturated carbocycles. The zero-order chi connectivity index (χ0) is 18.6. The number of aromatic nitrogens is 3. The first-order valence-electron chi connectivity index (χ1n) is 8.89. The third-order valence-electron chi connectivity index (χ3n) is 4.60. The first kappa shape index (κ1) is 17.6. The molecule has 2 aromatic heterocycles. The molecule has 140 valence electrons. The predicted molar refractivity (Wildman–Crippen MR) is 98.0 cm³/mol.